The lowest BCUT2D eigenvalue weighted by molar-refractivity contribution is -0.136. The lowest BCUT2D eigenvalue weighted by Gasteiger charge is -2.25. The Bertz CT molecular complexity index is 1200. The number of halogens is 4. The first-order chi connectivity index (χ1) is 19.2. The Morgan fingerprint density at radius 3 is 2.00 bits per heavy atom. The van der Waals surface area contributed by atoms with Crippen molar-refractivity contribution in [3.8, 4) is 5.75 Å². The quantitative estimate of drug-likeness (QED) is 0.195. The van der Waals surface area contributed by atoms with E-state index in [4.69, 9.17) is 16.3 Å². The highest BCUT2D eigenvalue weighted by atomic mass is 35.5. The van der Waals surface area contributed by atoms with Crippen LogP contribution >= 0.6 is 11.6 Å². The number of nitrogens with zero attached hydrogens (tertiary/aromatic N) is 1. The monoisotopic (exact) mass is 574 g/mol. The van der Waals surface area contributed by atoms with Gasteiger partial charge in [0.05, 0.1) is 17.9 Å². The molecular formula is C32H38ClF3N2O2. The van der Waals surface area contributed by atoms with Crippen molar-refractivity contribution in [3.05, 3.63) is 94.0 Å². The first-order valence-corrected chi connectivity index (χ1v) is 14.3. The Morgan fingerprint density at radius 1 is 0.825 bits per heavy atom. The van der Waals surface area contributed by atoms with Gasteiger partial charge in [-0.15, -0.1) is 0 Å². The molecule has 2 amide bonds. The van der Waals surface area contributed by atoms with E-state index in [1.54, 1.807) is 0 Å². The van der Waals surface area contributed by atoms with Gasteiger partial charge in [-0.05, 0) is 66.3 Å². The minimum atomic E-state index is -4.67. The molecular weight excluding hydrogens is 537 g/mol. The van der Waals surface area contributed by atoms with Crippen LogP contribution in [0.4, 0.5) is 23.7 Å². The summed E-state index contributed by atoms with van der Waals surface area (Å²) in [7, 11) is 0. The number of rotatable bonds is 14. The second kappa shape index (κ2) is 15.6. The second-order valence-corrected chi connectivity index (χ2v) is 10.4. The number of carbonyl (C=O) groups excluding carboxylic acids is 1. The standard InChI is InChI=1S/C32H38ClF3N2O2/c1-3-5-7-9-24-10-12-25(13-11-24)22-38(23-26-14-17-28(18-15-26)40-20-8-6-4-2)31(39)37-30-19-16-27(33)21-29(30)32(34,35)36/h10-19,21H,3-9,20,22-23H2,1-2H3,(H,37,39). The number of hydrogen-bond donors (Lipinski definition) is 1. The summed E-state index contributed by atoms with van der Waals surface area (Å²) >= 11 is 5.82. The molecule has 216 valence electrons. The average molecular weight is 575 g/mol. The molecule has 1 N–H and O–H groups in total. The van der Waals surface area contributed by atoms with Crippen LogP contribution in [0.5, 0.6) is 5.75 Å². The van der Waals surface area contributed by atoms with Crippen molar-refractivity contribution in [2.24, 2.45) is 0 Å². The van der Waals surface area contributed by atoms with Crippen molar-refractivity contribution in [3.63, 3.8) is 0 Å². The normalized spacial score (nSPS) is 11.3. The van der Waals surface area contributed by atoms with Gasteiger partial charge >= 0.3 is 12.2 Å². The smallest absolute Gasteiger partial charge is 0.418 e. The third kappa shape index (κ3) is 10.1. The van der Waals surface area contributed by atoms with E-state index >= 15 is 0 Å². The number of anilines is 1. The highest BCUT2D eigenvalue weighted by Crippen LogP contribution is 2.36. The molecule has 0 atom stereocenters. The van der Waals surface area contributed by atoms with Gasteiger partial charge in [-0.1, -0.05) is 87.5 Å². The molecule has 0 aromatic heterocycles. The number of hydrogen-bond acceptors (Lipinski definition) is 2. The molecule has 0 unspecified atom stereocenters. The second-order valence-electron chi connectivity index (χ2n) is 9.95. The van der Waals surface area contributed by atoms with Gasteiger partial charge in [0.15, 0.2) is 0 Å². The number of unbranched alkanes of at least 4 members (excludes halogenated alkanes) is 4. The molecule has 0 heterocycles. The van der Waals surface area contributed by atoms with Gasteiger partial charge in [-0.2, -0.15) is 13.2 Å². The summed E-state index contributed by atoms with van der Waals surface area (Å²) in [5.74, 6) is 0.741. The van der Waals surface area contributed by atoms with E-state index in [0.29, 0.717) is 6.61 Å². The zero-order chi connectivity index (χ0) is 29.0. The summed E-state index contributed by atoms with van der Waals surface area (Å²) < 4.78 is 46.8. The highest BCUT2D eigenvalue weighted by molar-refractivity contribution is 6.30. The van der Waals surface area contributed by atoms with E-state index < -0.39 is 17.8 Å². The molecule has 0 fully saturated rings. The van der Waals surface area contributed by atoms with Crippen LogP contribution in [0.2, 0.25) is 5.02 Å². The van der Waals surface area contributed by atoms with Crippen LogP contribution in [0.1, 0.15) is 74.6 Å². The largest absolute Gasteiger partial charge is 0.494 e. The predicted molar refractivity (Wildman–Crippen MR) is 156 cm³/mol. The summed E-state index contributed by atoms with van der Waals surface area (Å²) in [5, 5.41) is 2.41. The number of urea groups is 1. The zero-order valence-electron chi connectivity index (χ0n) is 23.2. The summed E-state index contributed by atoms with van der Waals surface area (Å²) in [6, 6.07) is 18.2. The molecule has 0 bridgehead atoms. The molecule has 0 aliphatic carbocycles. The zero-order valence-corrected chi connectivity index (χ0v) is 24.0. The van der Waals surface area contributed by atoms with Crippen molar-refractivity contribution in [1.29, 1.82) is 0 Å². The SMILES string of the molecule is CCCCCOc1ccc(CN(Cc2ccc(CCCCC)cc2)C(=O)Nc2ccc(Cl)cc2C(F)(F)F)cc1. The van der Waals surface area contributed by atoms with E-state index in [1.165, 1.54) is 29.0 Å². The van der Waals surface area contributed by atoms with Crippen LogP contribution in [-0.2, 0) is 25.7 Å². The van der Waals surface area contributed by atoms with E-state index in [2.05, 4.69) is 19.2 Å². The molecule has 3 aromatic rings. The first kappa shape index (κ1) is 31.3. The number of amides is 2. The Labute approximate surface area is 240 Å². The molecule has 40 heavy (non-hydrogen) atoms. The molecule has 3 aromatic carbocycles. The Hall–Kier alpha value is -3.19. The van der Waals surface area contributed by atoms with Crippen molar-refractivity contribution in [1.82, 2.24) is 4.90 Å². The summed E-state index contributed by atoms with van der Waals surface area (Å²) in [5.41, 5.74) is 1.61. The third-order valence-electron chi connectivity index (χ3n) is 6.59. The summed E-state index contributed by atoms with van der Waals surface area (Å²) in [6.07, 6.45) is 2.95. The van der Waals surface area contributed by atoms with Gasteiger partial charge in [-0.25, -0.2) is 4.79 Å². The van der Waals surface area contributed by atoms with Crippen LogP contribution in [0.25, 0.3) is 0 Å². The summed E-state index contributed by atoms with van der Waals surface area (Å²) in [4.78, 5) is 14.9. The molecule has 8 heteroatoms. The highest BCUT2D eigenvalue weighted by Gasteiger charge is 2.34. The fourth-order valence-electron chi connectivity index (χ4n) is 4.32. The van der Waals surface area contributed by atoms with E-state index in [0.717, 1.165) is 61.5 Å². The number of nitrogens with one attached hydrogen (secondary N) is 1. The molecule has 0 saturated heterocycles. The molecule has 3 rings (SSSR count). The van der Waals surface area contributed by atoms with E-state index in [-0.39, 0.29) is 23.8 Å². The van der Waals surface area contributed by atoms with Crippen molar-refractivity contribution < 1.29 is 22.7 Å². The van der Waals surface area contributed by atoms with Crippen LogP contribution in [0, 0.1) is 0 Å². The van der Waals surface area contributed by atoms with Crippen LogP contribution in [0.15, 0.2) is 66.7 Å². The number of aryl methyl sites for hydroxylation is 1. The molecule has 4 nitrogen and oxygen atoms in total. The number of carbonyl (C=O) groups is 1. The fraction of sp³-hybridized carbons (Fsp3) is 0.406. The minimum absolute atomic E-state index is 0.0572. The molecule has 0 saturated carbocycles. The summed E-state index contributed by atoms with van der Waals surface area (Å²) in [6.45, 7) is 5.37. The Morgan fingerprint density at radius 2 is 1.40 bits per heavy atom. The molecule has 0 spiro atoms. The number of ether oxygens (including phenoxy) is 1. The van der Waals surface area contributed by atoms with Crippen LogP contribution in [0.3, 0.4) is 0 Å². The van der Waals surface area contributed by atoms with Crippen molar-refractivity contribution >= 4 is 23.3 Å². The minimum Gasteiger partial charge on any atom is -0.494 e. The maximum absolute atomic E-state index is 13.7. The number of alkyl halides is 3. The molecule has 0 radical (unpaired) electrons. The van der Waals surface area contributed by atoms with E-state index in [9.17, 15) is 18.0 Å². The Kier molecular flexibility index (Phi) is 12.2. The Balaban J connectivity index is 1.78. The van der Waals surface area contributed by atoms with Gasteiger partial charge < -0.3 is 15.0 Å². The van der Waals surface area contributed by atoms with Gasteiger partial charge in [0.2, 0.25) is 0 Å². The first-order valence-electron chi connectivity index (χ1n) is 13.9. The van der Waals surface area contributed by atoms with Crippen LogP contribution in [-0.4, -0.2) is 17.5 Å². The fourth-order valence-corrected chi connectivity index (χ4v) is 4.49. The maximum Gasteiger partial charge on any atom is 0.418 e. The van der Waals surface area contributed by atoms with Crippen LogP contribution < -0.4 is 10.1 Å². The topological polar surface area (TPSA) is 41.6 Å². The van der Waals surface area contributed by atoms with Gasteiger partial charge in [-0.3, -0.25) is 0 Å². The lowest BCUT2D eigenvalue weighted by atomic mass is 10.0. The third-order valence-corrected chi connectivity index (χ3v) is 6.83. The van der Waals surface area contributed by atoms with Gasteiger partial charge in [0.1, 0.15) is 5.75 Å². The predicted octanol–water partition coefficient (Wildman–Crippen LogP) is 9.89. The van der Waals surface area contributed by atoms with Crippen molar-refractivity contribution in [2.45, 2.75) is 78.1 Å². The maximum atomic E-state index is 13.7. The van der Waals surface area contributed by atoms with Gasteiger partial charge in [0.25, 0.3) is 0 Å². The van der Waals surface area contributed by atoms with E-state index in [1.807, 2.05) is 48.5 Å². The number of benzene rings is 3. The van der Waals surface area contributed by atoms with Gasteiger partial charge in [0, 0.05) is 18.1 Å². The molecule has 0 aliphatic rings. The average Bonchev–Trinajstić information content (AvgIpc) is 2.93. The molecule has 0 aliphatic heterocycles. The lowest BCUT2D eigenvalue weighted by Crippen LogP contribution is -2.34. The van der Waals surface area contributed by atoms with Crippen molar-refractivity contribution in [2.75, 3.05) is 11.9 Å².